The van der Waals surface area contributed by atoms with Crippen molar-refractivity contribution in [3.05, 3.63) is 17.0 Å². The van der Waals surface area contributed by atoms with Gasteiger partial charge in [-0.15, -0.1) is 0 Å². The smallest absolute Gasteiger partial charge is 0.340 e. The van der Waals surface area contributed by atoms with E-state index in [0.29, 0.717) is 23.4 Å². The molecule has 0 saturated carbocycles. The van der Waals surface area contributed by atoms with Gasteiger partial charge in [0.2, 0.25) is 0 Å². The highest BCUT2D eigenvalue weighted by molar-refractivity contribution is 5.81. The first-order valence-electron chi connectivity index (χ1n) is 4.39. The zero-order chi connectivity index (χ0) is 10.5. The lowest BCUT2D eigenvalue weighted by Crippen LogP contribution is -2.39. The highest BCUT2D eigenvalue weighted by Crippen LogP contribution is 2.43. The van der Waals surface area contributed by atoms with E-state index in [0.717, 1.165) is 0 Å². The summed E-state index contributed by atoms with van der Waals surface area (Å²) in [6.45, 7) is 3.32. The fraction of sp³-hybridized carbons (Fsp3) is 0.556. The summed E-state index contributed by atoms with van der Waals surface area (Å²) in [6.07, 6.45) is 0.416. The average Bonchev–Trinajstić information content (AvgIpc) is 2.56. The Morgan fingerprint density at radius 1 is 1.71 bits per heavy atom. The Bertz CT molecular complexity index is 398. The molecule has 5 nitrogen and oxygen atoms in total. The van der Waals surface area contributed by atoms with Crippen LogP contribution in [0.25, 0.3) is 0 Å². The third kappa shape index (κ3) is 0.874. The van der Waals surface area contributed by atoms with Crippen LogP contribution in [0.5, 0.6) is 0 Å². The van der Waals surface area contributed by atoms with Gasteiger partial charge in [0.15, 0.2) is 5.60 Å². The summed E-state index contributed by atoms with van der Waals surface area (Å²) in [4.78, 5) is 11.0. The van der Waals surface area contributed by atoms with Crippen LogP contribution in [0.3, 0.4) is 0 Å². The molecule has 1 aliphatic rings. The van der Waals surface area contributed by atoms with E-state index in [-0.39, 0.29) is 5.92 Å². The van der Waals surface area contributed by atoms with Crippen LogP contribution in [0.2, 0.25) is 0 Å². The van der Waals surface area contributed by atoms with Crippen molar-refractivity contribution in [2.24, 2.45) is 5.92 Å². The van der Waals surface area contributed by atoms with Crippen molar-refractivity contribution in [2.45, 2.75) is 25.9 Å². The van der Waals surface area contributed by atoms with Gasteiger partial charge in [0, 0.05) is 12.3 Å². The molecule has 2 unspecified atom stereocenters. The second-order valence-electron chi connectivity index (χ2n) is 3.74. The first-order chi connectivity index (χ1) is 6.48. The maximum Gasteiger partial charge on any atom is 0.340 e. The van der Waals surface area contributed by atoms with E-state index < -0.39 is 11.6 Å². The molecule has 1 aliphatic carbocycles. The van der Waals surface area contributed by atoms with Crippen LogP contribution in [0.1, 0.15) is 23.9 Å². The lowest BCUT2D eigenvalue weighted by molar-refractivity contribution is -0.164. The largest absolute Gasteiger partial charge is 0.479 e. The minimum atomic E-state index is -1.83. The number of carbonyl (C=O) groups is 1. The van der Waals surface area contributed by atoms with Crippen molar-refractivity contribution >= 4 is 5.97 Å². The van der Waals surface area contributed by atoms with Crippen molar-refractivity contribution in [1.82, 2.24) is 5.16 Å². The van der Waals surface area contributed by atoms with E-state index in [9.17, 15) is 9.90 Å². The number of aromatic nitrogens is 1. The van der Waals surface area contributed by atoms with Crippen LogP contribution >= 0.6 is 0 Å². The lowest BCUT2D eigenvalue weighted by Gasteiger charge is -2.22. The van der Waals surface area contributed by atoms with Gasteiger partial charge in [-0.25, -0.2) is 4.79 Å². The molecule has 0 bridgehead atoms. The van der Waals surface area contributed by atoms with Crippen molar-refractivity contribution in [3.8, 4) is 0 Å². The molecule has 5 heteroatoms. The molecule has 0 radical (unpaired) electrons. The third-order valence-electron chi connectivity index (χ3n) is 2.85. The summed E-state index contributed by atoms with van der Waals surface area (Å²) >= 11 is 0. The normalized spacial score (nSPS) is 30.4. The van der Waals surface area contributed by atoms with Gasteiger partial charge in [-0.3, -0.25) is 0 Å². The van der Waals surface area contributed by atoms with E-state index in [4.69, 9.17) is 9.63 Å². The molecule has 0 amide bonds. The molecular formula is C9H11NO4. The van der Waals surface area contributed by atoms with Crippen LogP contribution in [0, 0.1) is 12.8 Å². The number of aryl methyl sites for hydroxylation is 1. The number of aliphatic carboxylic acids is 1. The molecule has 1 aromatic rings. The summed E-state index contributed by atoms with van der Waals surface area (Å²) in [7, 11) is 0. The number of carboxylic acid groups (broad SMARTS) is 1. The molecule has 0 saturated heterocycles. The fourth-order valence-corrected chi connectivity index (χ4v) is 2.03. The maximum atomic E-state index is 11.0. The highest BCUT2D eigenvalue weighted by Gasteiger charge is 2.53. The van der Waals surface area contributed by atoms with E-state index >= 15 is 0 Å². The van der Waals surface area contributed by atoms with Crippen molar-refractivity contribution in [2.75, 3.05) is 0 Å². The van der Waals surface area contributed by atoms with E-state index in [1.54, 1.807) is 13.8 Å². The summed E-state index contributed by atoms with van der Waals surface area (Å²) in [5, 5.41) is 22.7. The highest BCUT2D eigenvalue weighted by atomic mass is 16.5. The number of rotatable bonds is 1. The Labute approximate surface area is 80.3 Å². The van der Waals surface area contributed by atoms with Crippen LogP contribution in [-0.2, 0) is 16.8 Å². The monoisotopic (exact) mass is 197 g/mol. The second kappa shape index (κ2) is 2.57. The van der Waals surface area contributed by atoms with Crippen molar-refractivity contribution < 1.29 is 19.5 Å². The van der Waals surface area contributed by atoms with Crippen molar-refractivity contribution in [3.63, 3.8) is 0 Å². The Kier molecular flexibility index (Phi) is 1.69. The number of aliphatic hydroxyl groups is 1. The van der Waals surface area contributed by atoms with Gasteiger partial charge in [0.25, 0.3) is 0 Å². The molecule has 0 aromatic carbocycles. The Morgan fingerprint density at radius 2 is 2.36 bits per heavy atom. The molecule has 0 aliphatic heterocycles. The molecule has 0 spiro atoms. The summed E-state index contributed by atoms with van der Waals surface area (Å²) < 4.78 is 4.95. The number of hydrogen-bond donors (Lipinski definition) is 2. The molecule has 2 rings (SSSR count). The minimum Gasteiger partial charge on any atom is -0.479 e. The maximum absolute atomic E-state index is 11.0. The summed E-state index contributed by atoms with van der Waals surface area (Å²) in [6, 6.07) is 0. The molecule has 2 atom stereocenters. The average molecular weight is 197 g/mol. The van der Waals surface area contributed by atoms with Crippen LogP contribution in [0.15, 0.2) is 4.52 Å². The molecule has 76 valence electrons. The standard InChI is InChI=1S/C9H11NO4/c1-4-3-6-7(5(2)10-14-6)9(4,13)8(11)12/h4,13H,3H2,1-2H3,(H,11,12). The minimum absolute atomic E-state index is 0.331. The number of nitrogens with zero attached hydrogens (tertiary/aromatic N) is 1. The van der Waals surface area contributed by atoms with Crippen molar-refractivity contribution in [1.29, 1.82) is 0 Å². The number of carboxylic acids is 1. The second-order valence-corrected chi connectivity index (χ2v) is 3.74. The lowest BCUT2D eigenvalue weighted by atomic mass is 9.88. The van der Waals surface area contributed by atoms with Gasteiger partial charge in [-0.1, -0.05) is 12.1 Å². The molecule has 2 N–H and O–H groups in total. The first kappa shape index (κ1) is 9.21. The predicted octanol–water partition coefficient (Wildman–Crippen LogP) is 0.447. The molecule has 14 heavy (non-hydrogen) atoms. The topological polar surface area (TPSA) is 83.6 Å². The van der Waals surface area contributed by atoms with Gasteiger partial charge in [-0.2, -0.15) is 0 Å². The van der Waals surface area contributed by atoms with E-state index in [2.05, 4.69) is 5.16 Å². The van der Waals surface area contributed by atoms with E-state index in [1.165, 1.54) is 0 Å². The third-order valence-corrected chi connectivity index (χ3v) is 2.85. The zero-order valence-electron chi connectivity index (χ0n) is 7.94. The summed E-state index contributed by atoms with van der Waals surface area (Å²) in [5.41, 5.74) is -1.05. The summed E-state index contributed by atoms with van der Waals surface area (Å²) in [5.74, 6) is -1.13. The quantitative estimate of drug-likeness (QED) is 0.682. The van der Waals surface area contributed by atoms with Gasteiger partial charge >= 0.3 is 5.97 Å². The SMILES string of the molecule is Cc1noc2c1C(O)(C(=O)O)C(C)C2. The van der Waals surface area contributed by atoms with Crippen LogP contribution in [-0.4, -0.2) is 21.3 Å². The Hall–Kier alpha value is -1.36. The van der Waals surface area contributed by atoms with Gasteiger partial charge in [0.05, 0.1) is 11.3 Å². The van der Waals surface area contributed by atoms with Gasteiger partial charge < -0.3 is 14.7 Å². The fourth-order valence-electron chi connectivity index (χ4n) is 2.03. The molecule has 0 fully saturated rings. The molecular weight excluding hydrogens is 186 g/mol. The number of hydrogen-bond acceptors (Lipinski definition) is 4. The van der Waals surface area contributed by atoms with Gasteiger partial charge in [0.1, 0.15) is 5.76 Å². The predicted molar refractivity (Wildman–Crippen MR) is 45.6 cm³/mol. The molecule has 1 aromatic heterocycles. The zero-order valence-corrected chi connectivity index (χ0v) is 7.94. The molecule has 1 heterocycles. The number of fused-ring (bicyclic) bond motifs is 1. The van der Waals surface area contributed by atoms with E-state index in [1.807, 2.05) is 0 Å². The van der Waals surface area contributed by atoms with Gasteiger partial charge in [-0.05, 0) is 6.92 Å². The van der Waals surface area contributed by atoms with Crippen LogP contribution in [0.4, 0.5) is 0 Å². The first-order valence-corrected chi connectivity index (χ1v) is 4.39. The Morgan fingerprint density at radius 3 is 2.93 bits per heavy atom. The Balaban J connectivity index is 2.63. The van der Waals surface area contributed by atoms with Crippen LogP contribution < -0.4 is 0 Å².